The molecule has 16 heavy (non-hydrogen) atoms. The molecule has 1 aromatic heterocycles. The van der Waals surface area contributed by atoms with Gasteiger partial charge < -0.3 is 9.30 Å². The highest BCUT2D eigenvalue weighted by atomic mass is 127. The quantitative estimate of drug-likeness (QED) is 0.605. The number of alkyl halides is 2. The molecule has 1 heterocycles. The number of ether oxygens (including phenoxy) is 1. The van der Waals surface area contributed by atoms with Crippen molar-refractivity contribution in [1.29, 1.82) is 0 Å². The minimum Gasteiger partial charge on any atom is -0.374 e. The molecule has 90 valence electrons. The molecule has 1 rings (SSSR count). The molecule has 0 N–H and O–H groups in total. The Hall–Kier alpha value is -0.500. The molecule has 0 saturated carbocycles. The Morgan fingerprint density at radius 3 is 2.88 bits per heavy atom. The fourth-order valence-electron chi connectivity index (χ4n) is 1.24. The van der Waals surface area contributed by atoms with Crippen LogP contribution in [0.4, 0.5) is 8.78 Å². The molecule has 0 aliphatic heterocycles. The maximum absolute atomic E-state index is 11.8. The molecule has 0 saturated heterocycles. The van der Waals surface area contributed by atoms with E-state index in [4.69, 9.17) is 4.74 Å². The standard InChI is InChI=1S/C10H12F2INO2/c1-7-4-8(13)5-14(10(7)15)2-3-16-6-9(11)12/h4-5,9H,2-3,6H2,1H3. The van der Waals surface area contributed by atoms with Gasteiger partial charge in [-0.15, -0.1) is 0 Å². The van der Waals surface area contributed by atoms with Crippen LogP contribution >= 0.6 is 22.6 Å². The van der Waals surface area contributed by atoms with Crippen molar-refractivity contribution in [2.24, 2.45) is 0 Å². The molecule has 6 heteroatoms. The second kappa shape index (κ2) is 6.29. The van der Waals surface area contributed by atoms with E-state index in [2.05, 4.69) is 22.6 Å². The zero-order valence-corrected chi connectivity index (χ0v) is 10.9. The predicted molar refractivity (Wildman–Crippen MR) is 65.0 cm³/mol. The van der Waals surface area contributed by atoms with Gasteiger partial charge in [0.05, 0.1) is 6.61 Å². The summed E-state index contributed by atoms with van der Waals surface area (Å²) in [4.78, 5) is 11.6. The number of hydrogen-bond donors (Lipinski definition) is 0. The van der Waals surface area contributed by atoms with Crippen molar-refractivity contribution >= 4 is 22.6 Å². The second-order valence-corrected chi connectivity index (χ2v) is 4.55. The maximum Gasteiger partial charge on any atom is 0.261 e. The third-order valence-electron chi connectivity index (χ3n) is 1.95. The van der Waals surface area contributed by atoms with Gasteiger partial charge in [0, 0.05) is 21.9 Å². The molecule has 0 aliphatic carbocycles. The number of rotatable bonds is 5. The third kappa shape index (κ3) is 4.17. The topological polar surface area (TPSA) is 31.2 Å². The van der Waals surface area contributed by atoms with Crippen LogP contribution in [0.2, 0.25) is 0 Å². The summed E-state index contributed by atoms with van der Waals surface area (Å²) in [5.74, 6) is 0. The van der Waals surface area contributed by atoms with Crippen molar-refractivity contribution in [3.63, 3.8) is 0 Å². The number of pyridine rings is 1. The molecule has 0 aromatic carbocycles. The minimum atomic E-state index is -2.46. The van der Waals surface area contributed by atoms with Gasteiger partial charge in [0.15, 0.2) is 0 Å². The predicted octanol–water partition coefficient (Wildman–Crippen LogP) is 2.04. The molecule has 0 spiro atoms. The average molecular weight is 343 g/mol. The maximum atomic E-state index is 11.8. The van der Waals surface area contributed by atoms with Crippen molar-refractivity contribution in [3.8, 4) is 0 Å². The van der Waals surface area contributed by atoms with Crippen LogP contribution in [0.25, 0.3) is 0 Å². The zero-order chi connectivity index (χ0) is 12.1. The van der Waals surface area contributed by atoms with Gasteiger partial charge in [0.2, 0.25) is 0 Å². The Kier molecular flexibility index (Phi) is 5.33. The summed E-state index contributed by atoms with van der Waals surface area (Å²) in [6.45, 7) is 1.55. The molecule has 3 nitrogen and oxygen atoms in total. The Bertz CT molecular complexity index is 406. The fourth-order valence-corrected chi connectivity index (χ4v) is 2.04. The highest BCUT2D eigenvalue weighted by Gasteiger charge is 2.04. The summed E-state index contributed by atoms with van der Waals surface area (Å²) >= 11 is 2.10. The lowest BCUT2D eigenvalue weighted by Gasteiger charge is -2.08. The Morgan fingerprint density at radius 1 is 1.56 bits per heavy atom. The number of nitrogens with zero attached hydrogens (tertiary/aromatic N) is 1. The van der Waals surface area contributed by atoms with Crippen LogP contribution in [0, 0.1) is 10.5 Å². The Labute approximate surface area is 106 Å². The van der Waals surface area contributed by atoms with E-state index < -0.39 is 13.0 Å². The highest BCUT2D eigenvalue weighted by Crippen LogP contribution is 2.03. The first-order valence-corrected chi connectivity index (χ1v) is 5.81. The van der Waals surface area contributed by atoms with Gasteiger partial charge in [-0.05, 0) is 35.6 Å². The fraction of sp³-hybridized carbons (Fsp3) is 0.500. The zero-order valence-electron chi connectivity index (χ0n) is 8.75. The number of hydrogen-bond acceptors (Lipinski definition) is 2. The van der Waals surface area contributed by atoms with Crippen LogP contribution in [-0.4, -0.2) is 24.2 Å². The first kappa shape index (κ1) is 13.6. The van der Waals surface area contributed by atoms with Gasteiger partial charge in [0.25, 0.3) is 12.0 Å². The molecule has 0 fully saturated rings. The van der Waals surface area contributed by atoms with Crippen molar-refractivity contribution < 1.29 is 13.5 Å². The Morgan fingerprint density at radius 2 is 2.25 bits per heavy atom. The van der Waals surface area contributed by atoms with E-state index in [0.29, 0.717) is 12.1 Å². The summed E-state index contributed by atoms with van der Waals surface area (Å²) in [7, 11) is 0. The third-order valence-corrected chi connectivity index (χ3v) is 2.54. The van der Waals surface area contributed by atoms with E-state index in [1.165, 1.54) is 4.57 Å². The van der Waals surface area contributed by atoms with Gasteiger partial charge >= 0.3 is 0 Å². The smallest absolute Gasteiger partial charge is 0.261 e. The number of aryl methyl sites for hydroxylation is 1. The minimum absolute atomic E-state index is 0.110. The summed E-state index contributed by atoms with van der Waals surface area (Å²) in [6.07, 6.45) is -0.781. The van der Waals surface area contributed by atoms with Gasteiger partial charge in [0.1, 0.15) is 6.61 Å². The second-order valence-electron chi connectivity index (χ2n) is 3.31. The van der Waals surface area contributed by atoms with Crippen molar-refractivity contribution in [2.45, 2.75) is 19.9 Å². The van der Waals surface area contributed by atoms with Crippen molar-refractivity contribution in [2.75, 3.05) is 13.2 Å². The van der Waals surface area contributed by atoms with E-state index in [9.17, 15) is 13.6 Å². The lowest BCUT2D eigenvalue weighted by Crippen LogP contribution is -2.24. The van der Waals surface area contributed by atoms with E-state index in [1.54, 1.807) is 19.2 Å². The lowest BCUT2D eigenvalue weighted by atomic mass is 10.3. The first-order valence-electron chi connectivity index (χ1n) is 4.73. The van der Waals surface area contributed by atoms with Crippen LogP contribution in [-0.2, 0) is 11.3 Å². The van der Waals surface area contributed by atoms with Gasteiger partial charge in [-0.3, -0.25) is 4.79 Å². The van der Waals surface area contributed by atoms with Gasteiger partial charge in [-0.1, -0.05) is 0 Å². The molecule has 0 aliphatic rings. The molecule has 0 amide bonds. The van der Waals surface area contributed by atoms with Crippen molar-refractivity contribution in [1.82, 2.24) is 4.57 Å². The first-order chi connectivity index (χ1) is 7.50. The summed E-state index contributed by atoms with van der Waals surface area (Å²) < 4.78 is 30.7. The van der Waals surface area contributed by atoms with Gasteiger partial charge in [-0.25, -0.2) is 8.78 Å². The van der Waals surface area contributed by atoms with Crippen LogP contribution < -0.4 is 5.56 Å². The van der Waals surface area contributed by atoms with Crippen LogP contribution in [0.5, 0.6) is 0 Å². The lowest BCUT2D eigenvalue weighted by molar-refractivity contribution is 0.0145. The van der Waals surface area contributed by atoms with Crippen LogP contribution in [0.1, 0.15) is 5.56 Å². The molecular formula is C10H12F2INO2. The number of aromatic nitrogens is 1. The van der Waals surface area contributed by atoms with Crippen LogP contribution in [0.15, 0.2) is 17.1 Å². The molecule has 1 aromatic rings. The van der Waals surface area contributed by atoms with E-state index in [-0.39, 0.29) is 12.2 Å². The highest BCUT2D eigenvalue weighted by molar-refractivity contribution is 14.1. The molecular weight excluding hydrogens is 331 g/mol. The van der Waals surface area contributed by atoms with Crippen molar-refractivity contribution in [3.05, 3.63) is 31.8 Å². The molecule has 0 unspecified atom stereocenters. The molecule has 0 atom stereocenters. The largest absolute Gasteiger partial charge is 0.374 e. The molecule has 0 bridgehead atoms. The van der Waals surface area contributed by atoms with E-state index >= 15 is 0 Å². The summed E-state index contributed by atoms with van der Waals surface area (Å²) in [5, 5.41) is 0. The molecule has 0 radical (unpaired) electrons. The average Bonchev–Trinajstić information content (AvgIpc) is 2.19. The normalized spacial score (nSPS) is 11.1. The van der Waals surface area contributed by atoms with Gasteiger partial charge in [-0.2, -0.15) is 0 Å². The Balaban J connectivity index is 2.57. The number of halogens is 3. The van der Waals surface area contributed by atoms with E-state index in [0.717, 1.165) is 3.57 Å². The monoisotopic (exact) mass is 343 g/mol. The summed E-state index contributed by atoms with van der Waals surface area (Å²) in [5.41, 5.74) is 0.529. The summed E-state index contributed by atoms with van der Waals surface area (Å²) in [6, 6.07) is 1.78. The SMILES string of the molecule is Cc1cc(I)cn(CCOCC(F)F)c1=O. The van der Waals surface area contributed by atoms with E-state index in [1.807, 2.05) is 0 Å². The van der Waals surface area contributed by atoms with Crippen LogP contribution in [0.3, 0.4) is 0 Å².